The van der Waals surface area contributed by atoms with Gasteiger partial charge in [0.05, 0.1) is 25.0 Å². The fourth-order valence-corrected chi connectivity index (χ4v) is 3.95. The van der Waals surface area contributed by atoms with Crippen LogP contribution in [0.4, 0.5) is 11.4 Å². The number of imide groups is 1. The molecule has 0 bridgehead atoms. The molecule has 0 radical (unpaired) electrons. The van der Waals surface area contributed by atoms with Crippen LogP contribution in [0.2, 0.25) is 0 Å². The number of hydrogen-bond donors (Lipinski definition) is 1. The summed E-state index contributed by atoms with van der Waals surface area (Å²) in [7, 11) is 1.50. The summed E-state index contributed by atoms with van der Waals surface area (Å²) < 4.78 is 21.7. The first kappa shape index (κ1) is 21.4. The van der Waals surface area contributed by atoms with Crippen LogP contribution in [0, 0.1) is 0 Å². The van der Waals surface area contributed by atoms with Gasteiger partial charge in [-0.15, -0.1) is 0 Å². The minimum Gasteiger partial charge on any atom is -0.495 e. The van der Waals surface area contributed by atoms with Crippen molar-refractivity contribution in [2.45, 2.75) is 6.92 Å². The Morgan fingerprint density at radius 3 is 2.47 bits per heavy atom. The minimum atomic E-state index is -0.490. The zero-order chi connectivity index (χ0) is 23.7. The van der Waals surface area contributed by atoms with Crippen LogP contribution in [0.15, 0.2) is 72.4 Å². The average Bonchev–Trinajstić information content (AvgIpc) is 3.42. The highest BCUT2D eigenvalue weighted by Crippen LogP contribution is 2.39. The van der Waals surface area contributed by atoms with Crippen LogP contribution in [0.3, 0.4) is 0 Å². The van der Waals surface area contributed by atoms with Gasteiger partial charge in [-0.2, -0.15) is 0 Å². The maximum atomic E-state index is 13.7. The first-order valence-corrected chi connectivity index (χ1v) is 10.8. The van der Waals surface area contributed by atoms with E-state index in [4.69, 9.17) is 18.9 Å². The smallest absolute Gasteiger partial charge is 0.282 e. The standard InChI is InChI=1S/C26H22N2O6/c1-3-32-18-11-8-16(9-12-18)23-24(27-17-10-13-21-22(14-17)34-15-33-21)26(30)28(25(23)29)19-6-4-5-7-20(19)31-2/h4-14,27H,3,15H2,1-2H3. The zero-order valence-corrected chi connectivity index (χ0v) is 18.7. The number of amides is 2. The quantitative estimate of drug-likeness (QED) is 0.531. The lowest BCUT2D eigenvalue weighted by Gasteiger charge is -2.18. The van der Waals surface area contributed by atoms with Crippen molar-refractivity contribution in [2.24, 2.45) is 0 Å². The van der Waals surface area contributed by atoms with Crippen LogP contribution < -0.4 is 29.2 Å². The Balaban J connectivity index is 1.59. The number of ether oxygens (including phenoxy) is 4. The van der Waals surface area contributed by atoms with E-state index in [1.807, 2.05) is 6.92 Å². The number of carbonyl (C=O) groups is 2. The highest BCUT2D eigenvalue weighted by Gasteiger charge is 2.41. The topological polar surface area (TPSA) is 86.3 Å². The number of anilines is 2. The van der Waals surface area contributed by atoms with Crippen LogP contribution in [0.1, 0.15) is 12.5 Å². The summed E-state index contributed by atoms with van der Waals surface area (Å²) in [6.07, 6.45) is 0. The molecule has 2 heterocycles. The number of methoxy groups -OCH3 is 1. The molecule has 0 spiro atoms. The van der Waals surface area contributed by atoms with E-state index in [2.05, 4.69) is 5.32 Å². The number of para-hydroxylation sites is 2. The predicted molar refractivity (Wildman–Crippen MR) is 126 cm³/mol. The lowest BCUT2D eigenvalue weighted by molar-refractivity contribution is -0.120. The third-order valence-electron chi connectivity index (χ3n) is 5.51. The fourth-order valence-electron chi connectivity index (χ4n) is 3.95. The molecule has 3 aromatic rings. The molecule has 0 unspecified atom stereocenters. The number of carbonyl (C=O) groups excluding carboxylic acids is 2. The molecule has 0 atom stereocenters. The van der Waals surface area contributed by atoms with E-state index in [0.29, 0.717) is 46.5 Å². The Morgan fingerprint density at radius 2 is 1.71 bits per heavy atom. The molecule has 5 rings (SSSR count). The van der Waals surface area contributed by atoms with E-state index in [1.54, 1.807) is 66.7 Å². The van der Waals surface area contributed by atoms with Gasteiger partial charge >= 0.3 is 0 Å². The second-order valence-electron chi connectivity index (χ2n) is 7.52. The van der Waals surface area contributed by atoms with Crippen LogP contribution in [0.25, 0.3) is 5.57 Å². The number of fused-ring (bicyclic) bond motifs is 1. The van der Waals surface area contributed by atoms with Gasteiger partial charge in [0.2, 0.25) is 6.79 Å². The Bertz CT molecular complexity index is 1300. The third kappa shape index (κ3) is 3.69. The largest absolute Gasteiger partial charge is 0.495 e. The highest BCUT2D eigenvalue weighted by molar-refractivity contribution is 6.46. The van der Waals surface area contributed by atoms with E-state index in [-0.39, 0.29) is 18.1 Å². The third-order valence-corrected chi connectivity index (χ3v) is 5.51. The van der Waals surface area contributed by atoms with Crippen LogP contribution >= 0.6 is 0 Å². The molecule has 0 fully saturated rings. The summed E-state index contributed by atoms with van der Waals surface area (Å²) in [5.74, 6) is 1.33. The predicted octanol–water partition coefficient (Wildman–Crippen LogP) is 4.22. The molecule has 8 heteroatoms. The van der Waals surface area contributed by atoms with Crippen molar-refractivity contribution in [3.8, 4) is 23.0 Å². The van der Waals surface area contributed by atoms with Gasteiger partial charge in [0.15, 0.2) is 11.5 Å². The number of nitrogens with one attached hydrogen (secondary N) is 1. The molecule has 2 aliphatic rings. The highest BCUT2D eigenvalue weighted by atomic mass is 16.7. The summed E-state index contributed by atoms with van der Waals surface area (Å²) in [6.45, 7) is 2.56. The summed E-state index contributed by atoms with van der Waals surface area (Å²) in [5, 5.41) is 3.14. The maximum absolute atomic E-state index is 13.7. The summed E-state index contributed by atoms with van der Waals surface area (Å²) in [6, 6.07) is 19.2. The minimum absolute atomic E-state index is 0.137. The van der Waals surface area contributed by atoms with Gasteiger partial charge in [0.1, 0.15) is 17.2 Å². The van der Waals surface area contributed by atoms with E-state index < -0.39 is 11.8 Å². The second-order valence-corrected chi connectivity index (χ2v) is 7.52. The van der Waals surface area contributed by atoms with E-state index in [1.165, 1.54) is 7.11 Å². The Morgan fingerprint density at radius 1 is 0.941 bits per heavy atom. The van der Waals surface area contributed by atoms with Crippen molar-refractivity contribution in [1.29, 1.82) is 0 Å². The van der Waals surface area contributed by atoms with Crippen LogP contribution in [0.5, 0.6) is 23.0 Å². The number of rotatable bonds is 7. The molecule has 2 aliphatic heterocycles. The first-order chi connectivity index (χ1) is 16.6. The molecule has 8 nitrogen and oxygen atoms in total. The van der Waals surface area contributed by atoms with Crippen molar-refractivity contribution in [1.82, 2.24) is 0 Å². The first-order valence-electron chi connectivity index (χ1n) is 10.8. The summed E-state index contributed by atoms with van der Waals surface area (Å²) in [4.78, 5) is 28.4. The van der Waals surface area contributed by atoms with Crippen LogP contribution in [-0.4, -0.2) is 32.3 Å². The molecular weight excluding hydrogens is 436 g/mol. The van der Waals surface area contributed by atoms with E-state index in [0.717, 1.165) is 4.90 Å². The molecule has 0 saturated heterocycles. The number of nitrogens with zero attached hydrogens (tertiary/aromatic N) is 1. The normalized spacial score (nSPS) is 14.6. The molecule has 2 amide bonds. The van der Waals surface area contributed by atoms with Gasteiger partial charge in [-0.1, -0.05) is 24.3 Å². The van der Waals surface area contributed by atoms with Gasteiger partial charge in [-0.05, 0) is 48.9 Å². The van der Waals surface area contributed by atoms with Gasteiger partial charge < -0.3 is 24.3 Å². The molecule has 34 heavy (non-hydrogen) atoms. The molecule has 0 aliphatic carbocycles. The summed E-state index contributed by atoms with van der Waals surface area (Å²) in [5.41, 5.74) is 1.94. The van der Waals surface area contributed by atoms with E-state index >= 15 is 0 Å². The van der Waals surface area contributed by atoms with Gasteiger partial charge in [-0.25, -0.2) is 4.90 Å². The Hall–Kier alpha value is -4.46. The van der Waals surface area contributed by atoms with Crippen molar-refractivity contribution in [2.75, 3.05) is 30.7 Å². The monoisotopic (exact) mass is 458 g/mol. The zero-order valence-electron chi connectivity index (χ0n) is 18.7. The number of benzene rings is 3. The van der Waals surface area contributed by atoms with Crippen molar-refractivity contribution < 1.29 is 28.5 Å². The lowest BCUT2D eigenvalue weighted by Crippen LogP contribution is -2.32. The SMILES string of the molecule is CCOc1ccc(C2=C(Nc3ccc4c(c3)OCO4)C(=O)N(c3ccccc3OC)C2=O)cc1. The number of hydrogen-bond acceptors (Lipinski definition) is 7. The molecule has 1 N–H and O–H groups in total. The lowest BCUT2D eigenvalue weighted by atomic mass is 10.0. The van der Waals surface area contributed by atoms with Crippen molar-refractivity contribution in [3.05, 3.63) is 78.0 Å². The van der Waals surface area contributed by atoms with Gasteiger partial charge in [0, 0.05) is 11.8 Å². The van der Waals surface area contributed by atoms with Crippen molar-refractivity contribution >= 4 is 28.8 Å². The fraction of sp³-hybridized carbons (Fsp3) is 0.154. The maximum Gasteiger partial charge on any atom is 0.282 e. The molecule has 172 valence electrons. The molecule has 0 aromatic heterocycles. The molecule has 3 aromatic carbocycles. The Kier molecular flexibility index (Phi) is 5.55. The molecule has 0 saturated carbocycles. The van der Waals surface area contributed by atoms with E-state index in [9.17, 15) is 9.59 Å². The van der Waals surface area contributed by atoms with Crippen molar-refractivity contribution in [3.63, 3.8) is 0 Å². The molecular formula is C26H22N2O6. The second kappa shape index (κ2) is 8.82. The average molecular weight is 458 g/mol. The van der Waals surface area contributed by atoms with Gasteiger partial charge in [0.25, 0.3) is 11.8 Å². The summed E-state index contributed by atoms with van der Waals surface area (Å²) >= 11 is 0. The van der Waals surface area contributed by atoms with Gasteiger partial charge in [-0.3, -0.25) is 9.59 Å². The Labute approximate surface area is 196 Å². The van der Waals surface area contributed by atoms with Crippen LogP contribution in [-0.2, 0) is 9.59 Å².